The molecule has 1 saturated heterocycles. The van der Waals surface area contributed by atoms with Crippen LogP contribution >= 0.6 is 0 Å². The Labute approximate surface area is 171 Å². The van der Waals surface area contributed by atoms with Crippen molar-refractivity contribution < 1.29 is 38.6 Å². The average molecular weight is 416 g/mol. The molecule has 2 aliphatic rings. The fourth-order valence-corrected chi connectivity index (χ4v) is 3.43. The number of carboxylic acids is 1. The standard InChI is InChI=1S/C20H20N2O8/c23-11(4-1-2-7-16(25)26)10-30-14-6-3-5-12-17(14)20(29)22(19(12)28)13-8-9-15(24)21-18(13)27/h3,5-6,13H,1-2,4,7-10H2,(H,25,26)(H,21,24,27). The number of rotatable bonds is 9. The Morgan fingerprint density at radius 2 is 1.83 bits per heavy atom. The molecule has 1 aromatic carbocycles. The van der Waals surface area contributed by atoms with Crippen molar-refractivity contribution in [1.29, 1.82) is 0 Å². The molecule has 0 saturated carbocycles. The maximum atomic E-state index is 12.9. The van der Waals surface area contributed by atoms with Gasteiger partial charge in [-0.1, -0.05) is 6.07 Å². The molecule has 10 heteroatoms. The smallest absolute Gasteiger partial charge is 0.303 e. The maximum absolute atomic E-state index is 12.9. The van der Waals surface area contributed by atoms with E-state index >= 15 is 0 Å². The van der Waals surface area contributed by atoms with Gasteiger partial charge in [-0.15, -0.1) is 0 Å². The fraction of sp³-hybridized carbons (Fsp3) is 0.400. The summed E-state index contributed by atoms with van der Waals surface area (Å²) in [6, 6.07) is 3.31. The number of fused-ring (bicyclic) bond motifs is 1. The third-order valence-corrected chi connectivity index (χ3v) is 4.91. The molecule has 2 N–H and O–H groups in total. The molecule has 158 valence electrons. The average Bonchev–Trinajstić information content (AvgIpc) is 2.95. The van der Waals surface area contributed by atoms with Crippen molar-refractivity contribution in [2.24, 2.45) is 0 Å². The number of nitrogens with one attached hydrogen (secondary N) is 1. The Balaban J connectivity index is 1.68. The Kier molecular flexibility index (Phi) is 6.24. The van der Waals surface area contributed by atoms with Gasteiger partial charge in [-0.05, 0) is 31.4 Å². The molecule has 1 atom stereocenters. The number of carbonyl (C=O) groups is 6. The van der Waals surface area contributed by atoms with E-state index in [2.05, 4.69) is 5.32 Å². The van der Waals surface area contributed by atoms with E-state index in [1.807, 2.05) is 0 Å². The van der Waals surface area contributed by atoms with Crippen LogP contribution in [0.3, 0.4) is 0 Å². The van der Waals surface area contributed by atoms with E-state index < -0.39 is 35.6 Å². The molecule has 2 aliphatic heterocycles. The summed E-state index contributed by atoms with van der Waals surface area (Å²) < 4.78 is 5.47. The van der Waals surface area contributed by atoms with Crippen LogP contribution in [0.25, 0.3) is 0 Å². The summed E-state index contributed by atoms with van der Waals surface area (Å²) in [6.07, 6.45) is 0.952. The van der Waals surface area contributed by atoms with Gasteiger partial charge in [-0.25, -0.2) is 0 Å². The number of piperidine rings is 1. The Hall–Kier alpha value is -3.56. The lowest BCUT2D eigenvalue weighted by atomic mass is 10.0. The van der Waals surface area contributed by atoms with Crippen LogP contribution in [-0.2, 0) is 19.2 Å². The molecule has 30 heavy (non-hydrogen) atoms. The molecule has 0 aliphatic carbocycles. The first-order valence-electron chi connectivity index (χ1n) is 9.50. The van der Waals surface area contributed by atoms with Crippen molar-refractivity contribution in [2.75, 3.05) is 6.61 Å². The zero-order valence-corrected chi connectivity index (χ0v) is 16.0. The second-order valence-electron chi connectivity index (χ2n) is 7.05. The highest BCUT2D eigenvalue weighted by Crippen LogP contribution is 2.33. The molecule has 0 bridgehead atoms. The molecule has 0 spiro atoms. The maximum Gasteiger partial charge on any atom is 0.303 e. The topological polar surface area (TPSA) is 147 Å². The predicted molar refractivity (Wildman–Crippen MR) is 99.7 cm³/mol. The van der Waals surface area contributed by atoms with Crippen LogP contribution in [0.5, 0.6) is 5.75 Å². The summed E-state index contributed by atoms with van der Waals surface area (Å²) >= 11 is 0. The number of nitrogens with zero attached hydrogens (tertiary/aromatic N) is 1. The minimum Gasteiger partial charge on any atom is -0.485 e. The van der Waals surface area contributed by atoms with Crippen LogP contribution in [0.2, 0.25) is 0 Å². The van der Waals surface area contributed by atoms with Gasteiger partial charge in [0, 0.05) is 19.3 Å². The summed E-state index contributed by atoms with van der Waals surface area (Å²) in [7, 11) is 0. The van der Waals surface area contributed by atoms with Crippen LogP contribution in [0.4, 0.5) is 0 Å². The van der Waals surface area contributed by atoms with Crippen LogP contribution in [-0.4, -0.2) is 58.0 Å². The van der Waals surface area contributed by atoms with Crippen LogP contribution in [0, 0.1) is 0 Å². The minimum atomic E-state index is -1.08. The van der Waals surface area contributed by atoms with Gasteiger partial charge in [0.2, 0.25) is 11.8 Å². The highest BCUT2D eigenvalue weighted by atomic mass is 16.5. The van der Waals surface area contributed by atoms with E-state index in [-0.39, 0.29) is 54.9 Å². The highest BCUT2D eigenvalue weighted by molar-refractivity contribution is 6.24. The molecular formula is C20H20N2O8. The van der Waals surface area contributed by atoms with Crippen LogP contribution < -0.4 is 10.1 Å². The third-order valence-electron chi connectivity index (χ3n) is 4.91. The lowest BCUT2D eigenvalue weighted by Gasteiger charge is -2.27. The molecule has 0 aromatic heterocycles. The second kappa shape index (κ2) is 8.85. The number of Topliss-reactive ketones (excluding diaryl/α,β-unsaturated/α-hetero) is 1. The molecule has 1 aromatic rings. The molecule has 1 unspecified atom stereocenters. The van der Waals surface area contributed by atoms with Crippen molar-refractivity contribution in [3.05, 3.63) is 29.3 Å². The first-order chi connectivity index (χ1) is 14.3. The fourth-order valence-electron chi connectivity index (χ4n) is 3.43. The predicted octanol–water partition coefficient (Wildman–Crippen LogP) is 0.681. The SMILES string of the molecule is O=C(O)CCCCC(=O)COc1cccc2c1C(=O)N(C1CCC(=O)NC1=O)C2=O. The molecule has 1 fully saturated rings. The number of hydrogen-bond acceptors (Lipinski definition) is 7. The van der Waals surface area contributed by atoms with Gasteiger partial charge in [0.25, 0.3) is 11.8 Å². The van der Waals surface area contributed by atoms with Crippen molar-refractivity contribution in [2.45, 2.75) is 44.6 Å². The van der Waals surface area contributed by atoms with Gasteiger partial charge in [0.05, 0.1) is 11.1 Å². The number of ether oxygens (including phenoxy) is 1. The summed E-state index contributed by atoms with van der Waals surface area (Å²) in [5, 5.41) is 10.7. The van der Waals surface area contributed by atoms with E-state index in [1.54, 1.807) is 0 Å². The number of carboxylic acid groups (broad SMARTS) is 1. The monoisotopic (exact) mass is 416 g/mol. The van der Waals surface area contributed by atoms with E-state index in [9.17, 15) is 28.8 Å². The Bertz CT molecular complexity index is 939. The van der Waals surface area contributed by atoms with Crippen LogP contribution in [0.1, 0.15) is 59.2 Å². The van der Waals surface area contributed by atoms with Gasteiger partial charge in [-0.3, -0.25) is 39.0 Å². The van der Waals surface area contributed by atoms with Crippen LogP contribution in [0.15, 0.2) is 18.2 Å². The van der Waals surface area contributed by atoms with E-state index in [1.165, 1.54) is 18.2 Å². The third kappa shape index (κ3) is 4.37. The van der Waals surface area contributed by atoms with Gasteiger partial charge >= 0.3 is 5.97 Å². The number of amides is 4. The molecular weight excluding hydrogens is 396 g/mol. The summed E-state index contributed by atoms with van der Waals surface area (Å²) in [6.45, 7) is -0.330. The van der Waals surface area contributed by atoms with Crippen molar-refractivity contribution >= 4 is 35.4 Å². The zero-order chi connectivity index (χ0) is 21.8. The number of imide groups is 2. The first kappa shape index (κ1) is 21.2. The minimum absolute atomic E-state index is 0.0174. The van der Waals surface area contributed by atoms with Gasteiger partial charge in [0.1, 0.15) is 18.4 Å². The highest BCUT2D eigenvalue weighted by Gasteiger charge is 2.46. The number of carbonyl (C=O) groups excluding carboxylic acids is 5. The molecule has 2 heterocycles. The molecule has 0 radical (unpaired) electrons. The van der Waals surface area contributed by atoms with Gasteiger partial charge in [-0.2, -0.15) is 0 Å². The van der Waals surface area contributed by atoms with E-state index in [4.69, 9.17) is 9.84 Å². The van der Waals surface area contributed by atoms with Crippen molar-refractivity contribution in [3.63, 3.8) is 0 Å². The largest absolute Gasteiger partial charge is 0.485 e. The normalized spacial score (nSPS) is 18.3. The number of hydrogen-bond donors (Lipinski definition) is 2. The molecule has 3 rings (SSSR count). The number of ketones is 1. The van der Waals surface area contributed by atoms with Gasteiger partial charge < -0.3 is 9.84 Å². The Morgan fingerprint density at radius 1 is 1.10 bits per heavy atom. The second-order valence-corrected chi connectivity index (χ2v) is 7.05. The molecule has 10 nitrogen and oxygen atoms in total. The summed E-state index contributed by atoms with van der Waals surface area (Å²) in [5.74, 6) is -3.68. The van der Waals surface area contributed by atoms with E-state index in [0.29, 0.717) is 12.8 Å². The summed E-state index contributed by atoms with van der Waals surface area (Å²) in [4.78, 5) is 72.4. The van der Waals surface area contributed by atoms with Crippen molar-refractivity contribution in [1.82, 2.24) is 10.2 Å². The lowest BCUT2D eigenvalue weighted by Crippen LogP contribution is -2.54. The quantitative estimate of drug-likeness (QED) is 0.441. The first-order valence-corrected chi connectivity index (χ1v) is 9.50. The van der Waals surface area contributed by atoms with E-state index in [0.717, 1.165) is 4.90 Å². The number of aliphatic carboxylic acids is 1. The lowest BCUT2D eigenvalue weighted by molar-refractivity contribution is -0.138. The number of benzene rings is 1. The van der Waals surface area contributed by atoms with Crippen molar-refractivity contribution in [3.8, 4) is 5.75 Å². The zero-order valence-electron chi connectivity index (χ0n) is 16.0. The van der Waals surface area contributed by atoms with Gasteiger partial charge in [0.15, 0.2) is 5.78 Å². The summed E-state index contributed by atoms with van der Waals surface area (Å²) in [5.41, 5.74) is 0.0435. The molecule has 4 amide bonds. The number of unbranched alkanes of at least 4 members (excludes halogenated alkanes) is 1. The Morgan fingerprint density at radius 3 is 2.53 bits per heavy atom.